The molecule has 0 saturated carbocycles. The lowest BCUT2D eigenvalue weighted by Crippen LogP contribution is -1.98. The van der Waals surface area contributed by atoms with Gasteiger partial charge < -0.3 is 14.2 Å². The minimum absolute atomic E-state index is 0.270. The van der Waals surface area contributed by atoms with Gasteiger partial charge in [-0.2, -0.15) is 0 Å². The number of rotatable bonds is 8. The molecule has 32 heavy (non-hydrogen) atoms. The van der Waals surface area contributed by atoms with Gasteiger partial charge in [0.05, 0.1) is 12.8 Å². The molecular weight excluding hydrogens is 405 g/mol. The number of halogens is 1. The van der Waals surface area contributed by atoms with Crippen LogP contribution in [-0.4, -0.2) is 13.3 Å². The van der Waals surface area contributed by atoms with Crippen LogP contribution in [0.3, 0.4) is 0 Å². The molecule has 0 aliphatic rings. The molecule has 4 aromatic carbocycles. The molecule has 5 heteroatoms. The van der Waals surface area contributed by atoms with Crippen LogP contribution in [0.2, 0.25) is 0 Å². The number of benzene rings is 4. The van der Waals surface area contributed by atoms with E-state index in [1.54, 1.807) is 25.5 Å². The second-order valence-electron chi connectivity index (χ2n) is 6.99. The van der Waals surface area contributed by atoms with E-state index in [4.69, 9.17) is 14.2 Å². The Labute approximate surface area is 186 Å². The lowest BCUT2D eigenvalue weighted by atomic mass is 10.2. The predicted molar refractivity (Wildman–Crippen MR) is 124 cm³/mol. The average molecular weight is 427 g/mol. The Morgan fingerprint density at radius 1 is 0.781 bits per heavy atom. The van der Waals surface area contributed by atoms with Crippen molar-refractivity contribution in [2.45, 2.75) is 6.61 Å². The molecule has 4 rings (SSSR count). The SMILES string of the molecule is COc1cc(C=Nc2ccc(Oc3ccccc3)cc2)ccc1OCc1ccc(F)cc1. The molecule has 0 aliphatic carbocycles. The Morgan fingerprint density at radius 3 is 2.22 bits per heavy atom. The third kappa shape index (κ3) is 5.73. The van der Waals surface area contributed by atoms with Crippen molar-refractivity contribution >= 4 is 11.9 Å². The largest absolute Gasteiger partial charge is 0.493 e. The first-order valence-electron chi connectivity index (χ1n) is 10.1. The molecule has 0 aromatic heterocycles. The van der Waals surface area contributed by atoms with Gasteiger partial charge in [-0.05, 0) is 77.9 Å². The van der Waals surface area contributed by atoms with Crippen LogP contribution in [0.15, 0.2) is 102 Å². The van der Waals surface area contributed by atoms with Crippen molar-refractivity contribution in [2.24, 2.45) is 4.99 Å². The van der Waals surface area contributed by atoms with E-state index in [1.165, 1.54) is 12.1 Å². The molecule has 0 unspecified atom stereocenters. The van der Waals surface area contributed by atoms with Gasteiger partial charge in [-0.1, -0.05) is 30.3 Å². The summed E-state index contributed by atoms with van der Waals surface area (Å²) in [6.45, 7) is 0.321. The van der Waals surface area contributed by atoms with Crippen molar-refractivity contribution in [1.29, 1.82) is 0 Å². The molecule has 4 nitrogen and oxygen atoms in total. The van der Waals surface area contributed by atoms with E-state index in [-0.39, 0.29) is 5.82 Å². The molecule has 0 heterocycles. The molecule has 0 saturated heterocycles. The summed E-state index contributed by atoms with van der Waals surface area (Å²) in [4.78, 5) is 4.52. The minimum atomic E-state index is -0.270. The van der Waals surface area contributed by atoms with E-state index in [0.29, 0.717) is 18.1 Å². The highest BCUT2D eigenvalue weighted by molar-refractivity contribution is 5.83. The van der Waals surface area contributed by atoms with E-state index < -0.39 is 0 Å². The number of hydrogen-bond acceptors (Lipinski definition) is 4. The quantitative estimate of drug-likeness (QED) is 0.286. The molecule has 0 aliphatic heterocycles. The summed E-state index contributed by atoms with van der Waals surface area (Å²) in [5, 5.41) is 0. The number of methoxy groups -OCH3 is 1. The zero-order valence-electron chi connectivity index (χ0n) is 17.6. The molecule has 4 aromatic rings. The molecule has 0 amide bonds. The number of ether oxygens (including phenoxy) is 3. The molecule has 0 N–H and O–H groups in total. The first-order chi connectivity index (χ1) is 15.7. The van der Waals surface area contributed by atoms with Gasteiger partial charge in [-0.3, -0.25) is 4.99 Å². The highest BCUT2D eigenvalue weighted by Gasteiger charge is 2.06. The smallest absolute Gasteiger partial charge is 0.161 e. The second-order valence-corrected chi connectivity index (χ2v) is 6.99. The number of para-hydroxylation sites is 1. The number of aliphatic imine (C=N–C) groups is 1. The molecular formula is C27H22FNO3. The molecule has 0 atom stereocenters. The van der Waals surface area contributed by atoms with E-state index in [0.717, 1.165) is 28.3 Å². The fourth-order valence-electron chi connectivity index (χ4n) is 3.00. The summed E-state index contributed by atoms with van der Waals surface area (Å²) < 4.78 is 30.1. The maximum atomic E-state index is 13.0. The van der Waals surface area contributed by atoms with Crippen molar-refractivity contribution < 1.29 is 18.6 Å². The molecule has 0 fully saturated rings. The Bertz CT molecular complexity index is 1170. The van der Waals surface area contributed by atoms with Gasteiger partial charge in [0.15, 0.2) is 11.5 Å². The van der Waals surface area contributed by atoms with Crippen LogP contribution < -0.4 is 14.2 Å². The standard InChI is InChI=1S/C27H22FNO3/c1-30-27-17-21(9-16-26(27)31-19-20-7-10-22(28)11-8-20)18-29-23-12-14-25(15-13-23)32-24-5-3-2-4-6-24/h2-18H,19H2,1H3. The van der Waals surface area contributed by atoms with Crippen LogP contribution in [0.25, 0.3) is 0 Å². The molecule has 0 bridgehead atoms. The van der Waals surface area contributed by atoms with Crippen LogP contribution in [-0.2, 0) is 6.61 Å². The van der Waals surface area contributed by atoms with Crippen LogP contribution in [0, 0.1) is 5.82 Å². The Hall–Kier alpha value is -4.12. The van der Waals surface area contributed by atoms with Crippen molar-refractivity contribution in [3.8, 4) is 23.0 Å². The van der Waals surface area contributed by atoms with Crippen LogP contribution >= 0.6 is 0 Å². The Morgan fingerprint density at radius 2 is 1.50 bits per heavy atom. The van der Waals surface area contributed by atoms with Gasteiger partial charge in [0.1, 0.15) is 23.9 Å². The van der Waals surface area contributed by atoms with Gasteiger partial charge >= 0.3 is 0 Å². The Balaban J connectivity index is 1.39. The maximum absolute atomic E-state index is 13.0. The van der Waals surface area contributed by atoms with Gasteiger partial charge in [0.2, 0.25) is 0 Å². The topological polar surface area (TPSA) is 40.0 Å². The van der Waals surface area contributed by atoms with E-state index in [2.05, 4.69) is 4.99 Å². The van der Waals surface area contributed by atoms with Gasteiger partial charge in [0.25, 0.3) is 0 Å². The van der Waals surface area contributed by atoms with Gasteiger partial charge in [-0.25, -0.2) is 4.39 Å². The van der Waals surface area contributed by atoms with Crippen LogP contribution in [0.1, 0.15) is 11.1 Å². The summed E-state index contributed by atoms with van der Waals surface area (Å²) in [7, 11) is 1.59. The summed E-state index contributed by atoms with van der Waals surface area (Å²) in [5.74, 6) is 2.48. The molecule has 0 radical (unpaired) electrons. The summed E-state index contributed by atoms with van der Waals surface area (Å²) in [6, 6.07) is 29.0. The minimum Gasteiger partial charge on any atom is -0.493 e. The van der Waals surface area contributed by atoms with Crippen LogP contribution in [0.5, 0.6) is 23.0 Å². The lowest BCUT2D eigenvalue weighted by molar-refractivity contribution is 0.284. The van der Waals surface area contributed by atoms with Crippen LogP contribution in [0.4, 0.5) is 10.1 Å². The maximum Gasteiger partial charge on any atom is 0.161 e. The third-order valence-electron chi connectivity index (χ3n) is 4.67. The first-order valence-corrected chi connectivity index (χ1v) is 10.1. The van der Waals surface area contributed by atoms with E-state index in [1.807, 2.05) is 72.8 Å². The first kappa shape index (κ1) is 21.1. The van der Waals surface area contributed by atoms with Gasteiger partial charge in [-0.15, -0.1) is 0 Å². The molecule has 160 valence electrons. The summed E-state index contributed by atoms with van der Waals surface area (Å²) in [5.41, 5.74) is 2.56. The second kappa shape index (κ2) is 10.3. The average Bonchev–Trinajstić information content (AvgIpc) is 2.84. The van der Waals surface area contributed by atoms with Crippen molar-refractivity contribution in [3.63, 3.8) is 0 Å². The fourth-order valence-corrected chi connectivity index (χ4v) is 3.00. The fraction of sp³-hybridized carbons (Fsp3) is 0.0741. The summed E-state index contributed by atoms with van der Waals surface area (Å²) >= 11 is 0. The van der Waals surface area contributed by atoms with E-state index >= 15 is 0 Å². The van der Waals surface area contributed by atoms with Crippen molar-refractivity contribution in [2.75, 3.05) is 7.11 Å². The van der Waals surface area contributed by atoms with Gasteiger partial charge in [0, 0.05) is 6.21 Å². The normalized spacial score (nSPS) is 10.8. The zero-order valence-corrected chi connectivity index (χ0v) is 17.6. The van der Waals surface area contributed by atoms with Crippen molar-refractivity contribution in [1.82, 2.24) is 0 Å². The third-order valence-corrected chi connectivity index (χ3v) is 4.67. The lowest BCUT2D eigenvalue weighted by Gasteiger charge is -2.11. The highest BCUT2D eigenvalue weighted by atomic mass is 19.1. The van der Waals surface area contributed by atoms with E-state index in [9.17, 15) is 4.39 Å². The summed E-state index contributed by atoms with van der Waals surface area (Å²) in [6.07, 6.45) is 1.76. The molecule has 0 spiro atoms. The zero-order chi connectivity index (χ0) is 22.2. The predicted octanol–water partition coefficient (Wildman–Crippen LogP) is 6.96. The number of nitrogens with zero attached hydrogens (tertiary/aromatic N) is 1. The highest BCUT2D eigenvalue weighted by Crippen LogP contribution is 2.29. The Kier molecular flexibility index (Phi) is 6.78. The monoisotopic (exact) mass is 427 g/mol. The van der Waals surface area contributed by atoms with Crippen molar-refractivity contribution in [3.05, 3.63) is 114 Å². The number of hydrogen-bond donors (Lipinski definition) is 0.